The van der Waals surface area contributed by atoms with Gasteiger partial charge in [0.15, 0.2) is 0 Å². The number of aromatic nitrogens is 1. The Morgan fingerprint density at radius 1 is 1.21 bits per heavy atom. The summed E-state index contributed by atoms with van der Waals surface area (Å²) in [6.07, 6.45) is 0. The number of benzene rings is 1. The predicted molar refractivity (Wildman–Crippen MR) is 76.1 cm³/mol. The molecule has 1 aromatic heterocycles. The summed E-state index contributed by atoms with van der Waals surface area (Å²) in [5, 5.41) is 0.948. The van der Waals surface area contributed by atoms with Gasteiger partial charge in [-0.2, -0.15) is 0 Å². The first-order valence-corrected chi connectivity index (χ1v) is 6.22. The Hall–Kier alpha value is -1.62. The van der Waals surface area contributed by atoms with Crippen molar-refractivity contribution in [2.24, 2.45) is 5.84 Å². The van der Waals surface area contributed by atoms with E-state index in [4.69, 9.17) is 29.0 Å². The molecule has 3 N–H and O–H groups in total. The lowest BCUT2D eigenvalue weighted by Crippen LogP contribution is -2.30. The molecule has 0 atom stereocenters. The van der Waals surface area contributed by atoms with Crippen LogP contribution in [0, 0.1) is 6.92 Å². The number of carbonyl (C=O) groups is 1. The lowest BCUT2D eigenvalue weighted by Gasteiger charge is -2.07. The molecule has 0 saturated heterocycles. The first-order chi connectivity index (χ1) is 9.02. The molecule has 1 amide bonds. The summed E-state index contributed by atoms with van der Waals surface area (Å²) < 4.78 is 0. The molecule has 1 heterocycles. The second-order valence-electron chi connectivity index (χ2n) is 3.93. The van der Waals surface area contributed by atoms with E-state index < -0.39 is 0 Å². The van der Waals surface area contributed by atoms with Gasteiger partial charge in [0.1, 0.15) is 0 Å². The molecule has 4 nitrogen and oxygen atoms in total. The van der Waals surface area contributed by atoms with E-state index in [2.05, 4.69) is 10.4 Å². The van der Waals surface area contributed by atoms with Crippen LogP contribution in [0.15, 0.2) is 30.3 Å². The summed E-state index contributed by atoms with van der Waals surface area (Å²) in [6, 6.07) is 8.66. The molecule has 0 aliphatic rings. The zero-order chi connectivity index (χ0) is 14.0. The fourth-order valence-electron chi connectivity index (χ4n) is 1.70. The summed E-state index contributed by atoms with van der Waals surface area (Å²) in [7, 11) is 0. The number of hydrogen-bond donors (Lipinski definition) is 2. The molecule has 2 aromatic rings. The molecule has 0 aliphatic carbocycles. The van der Waals surface area contributed by atoms with Gasteiger partial charge in [-0.1, -0.05) is 29.3 Å². The average molecular weight is 296 g/mol. The van der Waals surface area contributed by atoms with Crippen molar-refractivity contribution < 1.29 is 4.79 Å². The van der Waals surface area contributed by atoms with E-state index in [0.29, 0.717) is 27.0 Å². The van der Waals surface area contributed by atoms with Crippen molar-refractivity contribution >= 4 is 29.1 Å². The van der Waals surface area contributed by atoms with Gasteiger partial charge in [-0.25, -0.2) is 5.84 Å². The summed E-state index contributed by atoms with van der Waals surface area (Å²) in [4.78, 5) is 15.8. The van der Waals surface area contributed by atoms with Gasteiger partial charge in [0.2, 0.25) is 0 Å². The molecule has 0 fully saturated rings. The van der Waals surface area contributed by atoms with Crippen LogP contribution in [-0.4, -0.2) is 10.9 Å². The molecule has 6 heteroatoms. The van der Waals surface area contributed by atoms with Crippen molar-refractivity contribution in [2.75, 3.05) is 0 Å². The number of nitrogens with one attached hydrogen (secondary N) is 1. The molecular formula is C13H11Cl2N3O. The van der Waals surface area contributed by atoms with Crippen molar-refractivity contribution in [2.45, 2.75) is 6.92 Å². The van der Waals surface area contributed by atoms with Gasteiger partial charge in [-0.3, -0.25) is 15.2 Å². The SMILES string of the molecule is Cc1nc(-c2ccc(Cl)c(Cl)c2)ccc1C(=O)NN. The fourth-order valence-corrected chi connectivity index (χ4v) is 1.99. The van der Waals surface area contributed by atoms with Crippen LogP contribution in [0.25, 0.3) is 11.3 Å². The van der Waals surface area contributed by atoms with Crippen molar-refractivity contribution in [3.63, 3.8) is 0 Å². The second kappa shape index (κ2) is 5.57. The predicted octanol–water partition coefficient (Wildman–Crippen LogP) is 2.97. The van der Waals surface area contributed by atoms with Crippen molar-refractivity contribution in [1.29, 1.82) is 0 Å². The molecule has 0 unspecified atom stereocenters. The van der Waals surface area contributed by atoms with E-state index in [9.17, 15) is 4.79 Å². The molecule has 0 bridgehead atoms. The highest BCUT2D eigenvalue weighted by Crippen LogP contribution is 2.28. The van der Waals surface area contributed by atoms with Gasteiger partial charge < -0.3 is 0 Å². The summed E-state index contributed by atoms with van der Waals surface area (Å²) >= 11 is 11.8. The minimum atomic E-state index is -0.370. The molecule has 1 aromatic carbocycles. The van der Waals surface area contributed by atoms with Gasteiger partial charge in [0, 0.05) is 5.56 Å². The van der Waals surface area contributed by atoms with E-state index >= 15 is 0 Å². The van der Waals surface area contributed by atoms with Crippen LogP contribution < -0.4 is 11.3 Å². The van der Waals surface area contributed by atoms with Crippen molar-refractivity contribution in [1.82, 2.24) is 10.4 Å². The third-order valence-electron chi connectivity index (χ3n) is 2.68. The second-order valence-corrected chi connectivity index (χ2v) is 4.75. The Balaban J connectivity index is 2.44. The lowest BCUT2D eigenvalue weighted by atomic mass is 10.1. The first kappa shape index (κ1) is 13.8. The summed E-state index contributed by atoms with van der Waals surface area (Å²) in [6.45, 7) is 1.74. The number of pyridine rings is 1. The van der Waals surface area contributed by atoms with Crippen LogP contribution in [0.2, 0.25) is 10.0 Å². The topological polar surface area (TPSA) is 68.0 Å². The van der Waals surface area contributed by atoms with Gasteiger partial charge in [-0.15, -0.1) is 0 Å². The van der Waals surface area contributed by atoms with Crippen LogP contribution in [0.1, 0.15) is 16.1 Å². The molecular weight excluding hydrogens is 285 g/mol. The molecule has 98 valence electrons. The maximum absolute atomic E-state index is 11.5. The molecule has 0 radical (unpaired) electrons. The quantitative estimate of drug-likeness (QED) is 0.508. The monoisotopic (exact) mass is 295 g/mol. The highest BCUT2D eigenvalue weighted by molar-refractivity contribution is 6.42. The van der Waals surface area contributed by atoms with Crippen LogP contribution in [0.3, 0.4) is 0 Å². The third kappa shape index (κ3) is 2.87. The Labute approximate surface area is 120 Å². The number of rotatable bonds is 2. The minimum absolute atomic E-state index is 0.370. The highest BCUT2D eigenvalue weighted by atomic mass is 35.5. The van der Waals surface area contributed by atoms with Crippen molar-refractivity contribution in [3.8, 4) is 11.3 Å². The van der Waals surface area contributed by atoms with E-state index in [1.165, 1.54) is 0 Å². The number of nitrogens with zero attached hydrogens (tertiary/aromatic N) is 1. The summed E-state index contributed by atoms with van der Waals surface area (Å²) in [5.74, 6) is 4.73. The Kier molecular flexibility index (Phi) is 4.04. The smallest absolute Gasteiger partial charge is 0.267 e. The van der Waals surface area contributed by atoms with Crippen LogP contribution >= 0.6 is 23.2 Å². The minimum Gasteiger partial charge on any atom is -0.290 e. The van der Waals surface area contributed by atoms with E-state index in [1.54, 1.807) is 31.2 Å². The van der Waals surface area contributed by atoms with E-state index in [-0.39, 0.29) is 5.91 Å². The number of carbonyl (C=O) groups excluding carboxylic acids is 1. The maximum atomic E-state index is 11.5. The summed E-state index contributed by atoms with van der Waals surface area (Å²) in [5.41, 5.74) is 4.65. The zero-order valence-electron chi connectivity index (χ0n) is 10.1. The Bertz CT molecular complexity index is 644. The first-order valence-electron chi connectivity index (χ1n) is 5.47. The zero-order valence-corrected chi connectivity index (χ0v) is 11.6. The largest absolute Gasteiger partial charge is 0.290 e. The molecule has 0 spiro atoms. The third-order valence-corrected chi connectivity index (χ3v) is 3.42. The standard InChI is InChI=1S/C13H11Cl2N3O/c1-7-9(13(19)18-16)3-5-12(17-7)8-2-4-10(14)11(15)6-8/h2-6H,16H2,1H3,(H,18,19). The lowest BCUT2D eigenvalue weighted by molar-refractivity contribution is 0.0952. The number of nitrogen functional groups attached to an aromatic ring is 1. The highest BCUT2D eigenvalue weighted by Gasteiger charge is 2.10. The van der Waals surface area contributed by atoms with Crippen LogP contribution in [0.5, 0.6) is 0 Å². The van der Waals surface area contributed by atoms with Crippen molar-refractivity contribution in [3.05, 3.63) is 51.6 Å². The number of hydrogen-bond acceptors (Lipinski definition) is 3. The normalized spacial score (nSPS) is 10.3. The van der Waals surface area contributed by atoms with Gasteiger partial charge in [0.25, 0.3) is 5.91 Å². The average Bonchev–Trinajstić information content (AvgIpc) is 2.41. The fraction of sp³-hybridized carbons (Fsp3) is 0.0769. The molecule has 19 heavy (non-hydrogen) atoms. The number of hydrazine groups is 1. The molecule has 0 saturated carbocycles. The molecule has 0 aliphatic heterocycles. The number of nitrogens with two attached hydrogens (primary N) is 1. The van der Waals surface area contributed by atoms with Gasteiger partial charge >= 0.3 is 0 Å². The number of amides is 1. The maximum Gasteiger partial charge on any atom is 0.267 e. The van der Waals surface area contributed by atoms with Gasteiger partial charge in [0.05, 0.1) is 27.0 Å². The molecule has 2 rings (SSSR count). The Morgan fingerprint density at radius 2 is 1.95 bits per heavy atom. The number of halogens is 2. The van der Waals surface area contributed by atoms with Crippen LogP contribution in [-0.2, 0) is 0 Å². The Morgan fingerprint density at radius 3 is 2.53 bits per heavy atom. The van der Waals surface area contributed by atoms with E-state index in [1.807, 2.05) is 6.07 Å². The van der Waals surface area contributed by atoms with Gasteiger partial charge in [-0.05, 0) is 31.2 Å². The number of aryl methyl sites for hydroxylation is 1. The van der Waals surface area contributed by atoms with E-state index in [0.717, 1.165) is 5.56 Å². The van der Waals surface area contributed by atoms with Crippen LogP contribution in [0.4, 0.5) is 0 Å².